The molecule has 0 saturated carbocycles. The van der Waals surface area contributed by atoms with Gasteiger partial charge in [-0.2, -0.15) is 12.6 Å². The Kier molecular flexibility index (Phi) is 4.40. The van der Waals surface area contributed by atoms with Gasteiger partial charge in [-0.25, -0.2) is 0 Å². The van der Waals surface area contributed by atoms with Crippen LogP contribution < -0.4 is 0 Å². The van der Waals surface area contributed by atoms with Gasteiger partial charge < -0.3 is 4.79 Å². The van der Waals surface area contributed by atoms with Crippen LogP contribution in [0.25, 0.3) is 0 Å². The highest BCUT2D eigenvalue weighted by Gasteiger charge is 2.04. The third-order valence-electron chi connectivity index (χ3n) is 0.958. The zero-order chi connectivity index (χ0) is 7.28. The Morgan fingerprint density at radius 3 is 2.67 bits per heavy atom. The Balaban J connectivity index is 3.46. The molecule has 0 aliphatic carbocycles. The molecule has 0 heterocycles. The van der Waals surface area contributed by atoms with Crippen molar-refractivity contribution in [1.29, 1.82) is 0 Å². The smallest absolute Gasteiger partial charge is 0.143 e. The predicted octanol–water partition coefficient (Wildman–Crippen LogP) is 0.710. The van der Waals surface area contributed by atoms with E-state index in [-0.39, 0.29) is 17.5 Å². The van der Waals surface area contributed by atoms with Crippen LogP contribution in [-0.2, 0) is 9.59 Å². The highest BCUT2D eigenvalue weighted by molar-refractivity contribution is 7.81. The van der Waals surface area contributed by atoms with Gasteiger partial charge in [-0.05, 0) is 0 Å². The SMILES string of the molecule is C[C@@H](C=O)CC(=O)CS. The van der Waals surface area contributed by atoms with Crippen molar-refractivity contribution in [2.75, 3.05) is 5.75 Å². The molecule has 0 aromatic rings. The van der Waals surface area contributed by atoms with Crippen LogP contribution >= 0.6 is 12.6 Å². The Morgan fingerprint density at radius 2 is 2.33 bits per heavy atom. The zero-order valence-corrected chi connectivity index (χ0v) is 6.23. The second-order valence-electron chi connectivity index (χ2n) is 2.01. The molecule has 0 saturated heterocycles. The molecule has 0 radical (unpaired) electrons. The first kappa shape index (κ1) is 8.69. The Hall–Kier alpha value is -0.310. The Morgan fingerprint density at radius 1 is 1.78 bits per heavy atom. The summed E-state index contributed by atoms with van der Waals surface area (Å²) in [5, 5.41) is 0. The summed E-state index contributed by atoms with van der Waals surface area (Å²) in [4.78, 5) is 20.5. The number of thiol groups is 1. The molecule has 0 fully saturated rings. The highest BCUT2D eigenvalue weighted by atomic mass is 32.1. The van der Waals surface area contributed by atoms with Gasteiger partial charge in [0.25, 0.3) is 0 Å². The predicted molar refractivity (Wildman–Crippen MR) is 38.7 cm³/mol. The van der Waals surface area contributed by atoms with Crippen LogP contribution in [0.5, 0.6) is 0 Å². The van der Waals surface area contributed by atoms with Gasteiger partial charge in [0.1, 0.15) is 12.1 Å². The molecule has 0 rings (SSSR count). The van der Waals surface area contributed by atoms with Crippen LogP contribution in [0, 0.1) is 5.92 Å². The van der Waals surface area contributed by atoms with Crippen molar-refractivity contribution in [3.8, 4) is 0 Å². The minimum atomic E-state index is -0.148. The van der Waals surface area contributed by atoms with Crippen LogP contribution in [0.3, 0.4) is 0 Å². The lowest BCUT2D eigenvalue weighted by molar-refractivity contribution is -0.120. The fraction of sp³-hybridized carbons (Fsp3) is 0.667. The molecule has 0 amide bonds. The van der Waals surface area contributed by atoms with Crippen LogP contribution in [0.4, 0.5) is 0 Å². The van der Waals surface area contributed by atoms with Crippen molar-refractivity contribution in [3.05, 3.63) is 0 Å². The van der Waals surface area contributed by atoms with Crippen molar-refractivity contribution in [1.82, 2.24) is 0 Å². The van der Waals surface area contributed by atoms with E-state index in [0.717, 1.165) is 6.29 Å². The highest BCUT2D eigenvalue weighted by Crippen LogP contribution is 1.98. The number of rotatable bonds is 4. The lowest BCUT2D eigenvalue weighted by Crippen LogP contribution is -2.06. The van der Waals surface area contributed by atoms with E-state index in [1.165, 1.54) is 0 Å². The molecule has 9 heavy (non-hydrogen) atoms. The minimum absolute atomic E-state index is 0.0259. The molecule has 52 valence electrons. The first-order chi connectivity index (χ1) is 4.20. The van der Waals surface area contributed by atoms with Crippen LogP contribution in [0.2, 0.25) is 0 Å². The number of aldehydes is 1. The standard InChI is InChI=1S/C6H10O2S/c1-5(3-7)2-6(8)4-9/h3,5,9H,2,4H2,1H3/t5-/m1/s1. The minimum Gasteiger partial charge on any atom is -0.303 e. The van der Waals surface area contributed by atoms with Crippen LogP contribution in [0.15, 0.2) is 0 Å². The van der Waals surface area contributed by atoms with Gasteiger partial charge >= 0.3 is 0 Å². The maximum Gasteiger partial charge on any atom is 0.143 e. The van der Waals surface area contributed by atoms with Crippen molar-refractivity contribution in [2.45, 2.75) is 13.3 Å². The van der Waals surface area contributed by atoms with Crippen molar-refractivity contribution < 1.29 is 9.59 Å². The van der Waals surface area contributed by atoms with E-state index in [9.17, 15) is 9.59 Å². The summed E-state index contributed by atoms with van der Waals surface area (Å²) in [6, 6.07) is 0. The molecule has 0 bridgehead atoms. The van der Waals surface area contributed by atoms with E-state index in [2.05, 4.69) is 12.6 Å². The van der Waals surface area contributed by atoms with E-state index < -0.39 is 0 Å². The van der Waals surface area contributed by atoms with Gasteiger partial charge in [0.2, 0.25) is 0 Å². The molecule has 1 atom stereocenters. The number of hydrogen-bond donors (Lipinski definition) is 1. The quantitative estimate of drug-likeness (QED) is 0.468. The monoisotopic (exact) mass is 146 g/mol. The van der Waals surface area contributed by atoms with Gasteiger partial charge in [0, 0.05) is 18.1 Å². The molecule has 0 aromatic carbocycles. The van der Waals surface area contributed by atoms with Crippen molar-refractivity contribution >= 4 is 24.7 Å². The first-order valence-corrected chi connectivity index (χ1v) is 3.41. The van der Waals surface area contributed by atoms with Crippen LogP contribution in [-0.4, -0.2) is 17.8 Å². The molecule has 0 spiro atoms. The normalized spacial score (nSPS) is 12.7. The first-order valence-electron chi connectivity index (χ1n) is 2.78. The lowest BCUT2D eigenvalue weighted by atomic mass is 10.1. The fourth-order valence-electron chi connectivity index (χ4n) is 0.472. The van der Waals surface area contributed by atoms with Gasteiger partial charge in [-0.1, -0.05) is 6.92 Å². The summed E-state index contributed by atoms with van der Waals surface area (Å²) in [7, 11) is 0. The third-order valence-corrected chi connectivity index (χ3v) is 1.31. The summed E-state index contributed by atoms with van der Waals surface area (Å²) in [5.74, 6) is 0.112. The number of carbonyl (C=O) groups is 2. The number of carbonyl (C=O) groups excluding carboxylic acids is 2. The molecule has 3 heteroatoms. The average molecular weight is 146 g/mol. The van der Waals surface area contributed by atoms with E-state index in [4.69, 9.17) is 0 Å². The van der Waals surface area contributed by atoms with E-state index in [1.807, 2.05) is 0 Å². The zero-order valence-electron chi connectivity index (χ0n) is 5.33. The summed E-state index contributed by atoms with van der Waals surface area (Å²) in [5.41, 5.74) is 0. The maximum atomic E-state index is 10.5. The van der Waals surface area contributed by atoms with Gasteiger partial charge in [-0.15, -0.1) is 0 Å². The third kappa shape index (κ3) is 4.21. The Labute approximate surface area is 60.0 Å². The second kappa shape index (κ2) is 4.56. The van der Waals surface area contributed by atoms with Crippen LogP contribution in [0.1, 0.15) is 13.3 Å². The number of hydrogen-bond acceptors (Lipinski definition) is 3. The maximum absolute atomic E-state index is 10.5. The summed E-state index contributed by atoms with van der Waals surface area (Å²) < 4.78 is 0. The van der Waals surface area contributed by atoms with E-state index >= 15 is 0 Å². The summed E-state index contributed by atoms with van der Waals surface area (Å²) in [6.45, 7) is 1.72. The number of Topliss-reactive ketones (excluding diaryl/α,β-unsaturated/α-hetero) is 1. The Bertz CT molecular complexity index is 112. The van der Waals surface area contributed by atoms with Crippen molar-refractivity contribution in [2.24, 2.45) is 5.92 Å². The van der Waals surface area contributed by atoms with Gasteiger partial charge in [0.15, 0.2) is 0 Å². The molecule has 2 nitrogen and oxygen atoms in total. The summed E-state index contributed by atoms with van der Waals surface area (Å²) in [6.07, 6.45) is 1.11. The molecule has 0 aliphatic heterocycles. The molecule has 0 aliphatic rings. The second-order valence-corrected chi connectivity index (χ2v) is 2.33. The van der Waals surface area contributed by atoms with Gasteiger partial charge in [0.05, 0.1) is 0 Å². The van der Waals surface area contributed by atoms with E-state index in [1.54, 1.807) is 6.92 Å². The van der Waals surface area contributed by atoms with Gasteiger partial charge in [-0.3, -0.25) is 4.79 Å². The lowest BCUT2D eigenvalue weighted by Gasteiger charge is -1.97. The molecule has 0 N–H and O–H groups in total. The number of ketones is 1. The van der Waals surface area contributed by atoms with Crippen molar-refractivity contribution in [3.63, 3.8) is 0 Å². The molecular formula is C6H10O2S. The molecular weight excluding hydrogens is 136 g/mol. The topological polar surface area (TPSA) is 34.1 Å². The van der Waals surface area contributed by atoms with E-state index in [0.29, 0.717) is 6.42 Å². The molecule has 0 unspecified atom stereocenters. The molecule has 0 aromatic heterocycles. The average Bonchev–Trinajstić information content (AvgIpc) is 1.87. The fourth-order valence-corrected chi connectivity index (χ4v) is 0.601. The summed E-state index contributed by atoms with van der Waals surface area (Å²) >= 11 is 3.76. The largest absolute Gasteiger partial charge is 0.303 e.